The summed E-state index contributed by atoms with van der Waals surface area (Å²) in [5.74, 6) is 0. The molecule has 6 aliphatic rings. The van der Waals surface area contributed by atoms with Crippen molar-refractivity contribution in [3.63, 3.8) is 0 Å². The lowest BCUT2D eigenvalue weighted by atomic mass is 9.33. The SMILES string of the molecule is CC(C)(C)c1cccc(-c2cccc(-c3cccc(C(C)(C)C)c3)c2N2c3ccc(-c4cccc5c4-c4ccccc4C54c5ccccc5-c5ccccc54)cc3B3c4cc(-c5cccc6c5-c5ccccc5C65c6ccccc6-c6ccccc65)ccc4N(c4c(-c5cccc(C(C)(C)C)c5)cccc4-c4cccc(C(C)(C)C)c4)c4cc(-c5ccccc5)cc2c43)c1. The van der Waals surface area contributed by atoms with Gasteiger partial charge in [0.25, 0.3) is 6.71 Å². The van der Waals surface area contributed by atoms with Crippen molar-refractivity contribution in [2.45, 2.75) is 116 Å². The zero-order valence-electron chi connectivity index (χ0n) is 75.5. The molecule has 4 aliphatic carbocycles. The fourth-order valence-corrected chi connectivity index (χ4v) is 23.5. The molecule has 18 aromatic rings. The Morgan fingerprint density at radius 3 is 0.760 bits per heavy atom. The first-order valence-electron chi connectivity index (χ1n) is 46.2. The maximum Gasteiger partial charge on any atom is 0.252 e. The molecular weight excluding hydrogens is 1550 g/mol. The molecule has 0 bridgehead atoms. The molecule has 3 heteroatoms. The van der Waals surface area contributed by atoms with E-state index in [2.05, 4.69) is 487 Å². The Morgan fingerprint density at radius 2 is 0.434 bits per heavy atom. The lowest BCUT2D eigenvalue weighted by molar-refractivity contribution is 0.590. The molecule has 24 rings (SSSR count). The van der Waals surface area contributed by atoms with E-state index in [9.17, 15) is 0 Å². The van der Waals surface area contributed by atoms with E-state index < -0.39 is 10.8 Å². The van der Waals surface area contributed by atoms with Crippen LogP contribution in [0, 0.1) is 0 Å². The molecule has 0 unspecified atom stereocenters. The second-order valence-electron chi connectivity index (χ2n) is 40.9. The number of hydrogen-bond donors (Lipinski definition) is 0. The van der Waals surface area contributed by atoms with Gasteiger partial charge in [-0.25, -0.2) is 0 Å². The molecule has 2 spiro atoms. The molecular formula is C126H101BN2. The van der Waals surface area contributed by atoms with Crippen LogP contribution in [0.2, 0.25) is 0 Å². The number of fused-ring (bicyclic) bond motifs is 24. The van der Waals surface area contributed by atoms with Gasteiger partial charge >= 0.3 is 0 Å². The van der Waals surface area contributed by atoms with Gasteiger partial charge in [-0.15, -0.1) is 0 Å². The summed E-state index contributed by atoms with van der Waals surface area (Å²) >= 11 is 0. The van der Waals surface area contributed by atoms with E-state index in [1.165, 1.54) is 139 Å². The van der Waals surface area contributed by atoms with Crippen LogP contribution in [0.25, 0.3) is 122 Å². The number of para-hydroxylation sites is 2. The first-order valence-corrected chi connectivity index (χ1v) is 46.2. The summed E-state index contributed by atoms with van der Waals surface area (Å²) in [6.45, 7) is 27.8. The molecule has 0 atom stereocenters. The molecule has 0 aromatic heterocycles. The molecule has 18 aromatic carbocycles. The first-order chi connectivity index (χ1) is 62.5. The molecule has 2 heterocycles. The third kappa shape index (κ3) is 11.6. The van der Waals surface area contributed by atoms with Crippen molar-refractivity contribution < 1.29 is 0 Å². The van der Waals surface area contributed by atoms with Gasteiger partial charge in [0.05, 0.1) is 22.2 Å². The number of nitrogens with zero attached hydrogens (tertiary/aromatic N) is 2. The van der Waals surface area contributed by atoms with E-state index in [0.29, 0.717) is 0 Å². The average Bonchev–Trinajstić information content (AvgIpc) is 1.27. The maximum atomic E-state index is 2.77. The predicted molar refractivity (Wildman–Crippen MR) is 546 cm³/mol. The summed E-state index contributed by atoms with van der Waals surface area (Å²) in [4.78, 5) is 5.53. The van der Waals surface area contributed by atoms with Crippen molar-refractivity contribution in [3.05, 3.63) is 461 Å². The van der Waals surface area contributed by atoms with Crippen LogP contribution in [0.1, 0.15) is 150 Å². The monoisotopic (exact) mass is 1650 g/mol. The van der Waals surface area contributed by atoms with Crippen LogP contribution in [0.5, 0.6) is 0 Å². The minimum Gasteiger partial charge on any atom is -0.310 e. The van der Waals surface area contributed by atoms with Crippen LogP contribution in [-0.2, 0) is 32.5 Å². The Balaban J connectivity index is 0.864. The Morgan fingerprint density at radius 1 is 0.186 bits per heavy atom. The molecule has 2 nitrogen and oxygen atoms in total. The van der Waals surface area contributed by atoms with Crippen molar-refractivity contribution in [2.75, 3.05) is 9.80 Å². The van der Waals surface area contributed by atoms with Crippen LogP contribution >= 0.6 is 0 Å². The minimum atomic E-state index is -0.555. The molecule has 129 heavy (non-hydrogen) atoms. The highest BCUT2D eigenvalue weighted by molar-refractivity contribution is 7.00. The maximum absolute atomic E-state index is 2.77. The summed E-state index contributed by atoms with van der Waals surface area (Å²) in [5, 5.41) is 0. The lowest BCUT2D eigenvalue weighted by Crippen LogP contribution is -2.61. The highest BCUT2D eigenvalue weighted by atomic mass is 15.2. The van der Waals surface area contributed by atoms with Crippen molar-refractivity contribution in [3.8, 4) is 122 Å². The van der Waals surface area contributed by atoms with Crippen LogP contribution in [-0.4, -0.2) is 6.71 Å². The van der Waals surface area contributed by atoms with Gasteiger partial charge in [-0.1, -0.05) is 453 Å². The Bertz CT molecular complexity index is 7080. The molecule has 0 N–H and O–H groups in total. The molecule has 0 saturated carbocycles. The van der Waals surface area contributed by atoms with E-state index in [0.717, 1.165) is 101 Å². The van der Waals surface area contributed by atoms with Crippen LogP contribution in [0.3, 0.4) is 0 Å². The smallest absolute Gasteiger partial charge is 0.252 e. The molecule has 618 valence electrons. The largest absolute Gasteiger partial charge is 0.310 e. The summed E-state index contributed by atoms with van der Waals surface area (Å²) in [5.41, 5.74) is 51.0. The van der Waals surface area contributed by atoms with E-state index in [4.69, 9.17) is 0 Å². The third-order valence-electron chi connectivity index (χ3n) is 29.5. The fourth-order valence-electron chi connectivity index (χ4n) is 23.5. The molecule has 0 amide bonds. The zero-order chi connectivity index (χ0) is 87.5. The van der Waals surface area contributed by atoms with Gasteiger partial charge in [-0.2, -0.15) is 0 Å². The summed E-state index contributed by atoms with van der Waals surface area (Å²) in [7, 11) is 0. The van der Waals surface area contributed by atoms with E-state index in [1.54, 1.807) is 0 Å². The Hall–Kier alpha value is -14.4. The molecule has 0 fully saturated rings. The molecule has 2 aliphatic heterocycles. The van der Waals surface area contributed by atoms with E-state index in [-0.39, 0.29) is 28.4 Å². The predicted octanol–water partition coefficient (Wildman–Crippen LogP) is 31.3. The minimum absolute atomic E-state index is 0.146. The van der Waals surface area contributed by atoms with Gasteiger partial charge in [0.2, 0.25) is 0 Å². The number of hydrogen-bond acceptors (Lipinski definition) is 2. The second-order valence-corrected chi connectivity index (χ2v) is 40.9. The highest BCUT2D eigenvalue weighted by Crippen LogP contribution is 2.67. The summed E-state index contributed by atoms with van der Waals surface area (Å²) in [6.07, 6.45) is 0. The van der Waals surface area contributed by atoms with Gasteiger partial charge in [-0.05, 0) is 229 Å². The lowest BCUT2D eigenvalue weighted by Gasteiger charge is -2.46. The highest BCUT2D eigenvalue weighted by Gasteiger charge is 2.55. The normalized spacial score (nSPS) is 14.1. The Kier molecular flexibility index (Phi) is 17.3. The van der Waals surface area contributed by atoms with Crippen LogP contribution in [0.4, 0.5) is 34.1 Å². The number of rotatable bonds is 9. The quantitative estimate of drug-likeness (QED) is 0.133. The average molecular weight is 1650 g/mol. The standard InChI is InChI=1S/C126H101BN2/c1-121(2,3)86-42-28-38-79(70-86)92-54-32-55-93(80-39-29-43-87(71-80)122(4,5)6)119(92)128-112-68-66-83(90-52-34-64-108-116(90)100-50-20-26-62-106(100)125(108)102-58-22-16-46-96(102)97-47-17-23-59-103(97)125)74-110(112)127-111-75-84(91-53-35-65-109-117(91)101-51-21-27-63-107(101)126(109)104-60-24-18-48-98(104)99-49-19-25-61-105(99)126)67-69-113(111)129(115-77-85(76-114(128)118(115)127)78-36-14-13-15-37-78)120-94(81-40-30-44-88(72-81)123(7,8)9)56-33-57-95(120)82-41-31-45-89(73-82)124(10,11)12/h13-77H,1-12H3. The summed E-state index contributed by atoms with van der Waals surface area (Å²) in [6, 6.07) is 154. The molecule has 0 saturated heterocycles. The second kappa shape index (κ2) is 28.6. The number of benzene rings is 18. The van der Waals surface area contributed by atoms with E-state index in [1.807, 2.05) is 0 Å². The van der Waals surface area contributed by atoms with Gasteiger partial charge < -0.3 is 9.80 Å². The van der Waals surface area contributed by atoms with Crippen molar-refractivity contribution in [1.29, 1.82) is 0 Å². The van der Waals surface area contributed by atoms with E-state index >= 15 is 0 Å². The fraction of sp³-hybridized carbons (Fsp3) is 0.143. The van der Waals surface area contributed by atoms with Gasteiger partial charge in [0.15, 0.2) is 0 Å². The Labute approximate surface area is 760 Å². The van der Waals surface area contributed by atoms with Gasteiger partial charge in [0.1, 0.15) is 0 Å². The van der Waals surface area contributed by atoms with Crippen LogP contribution < -0.4 is 26.2 Å². The van der Waals surface area contributed by atoms with Crippen molar-refractivity contribution in [1.82, 2.24) is 0 Å². The van der Waals surface area contributed by atoms with Gasteiger partial charge in [0, 0.05) is 45.0 Å². The van der Waals surface area contributed by atoms with Crippen molar-refractivity contribution >= 4 is 57.2 Å². The van der Waals surface area contributed by atoms with Crippen LogP contribution in [0.15, 0.2) is 394 Å². The summed E-state index contributed by atoms with van der Waals surface area (Å²) < 4.78 is 0. The zero-order valence-corrected chi connectivity index (χ0v) is 75.5. The number of anilines is 6. The first kappa shape index (κ1) is 78.1. The third-order valence-corrected chi connectivity index (χ3v) is 29.5. The molecule has 0 radical (unpaired) electrons. The van der Waals surface area contributed by atoms with Gasteiger partial charge in [-0.3, -0.25) is 0 Å². The van der Waals surface area contributed by atoms with Crippen molar-refractivity contribution in [2.24, 2.45) is 0 Å². The topological polar surface area (TPSA) is 6.48 Å².